The van der Waals surface area contributed by atoms with Crippen molar-refractivity contribution in [1.29, 1.82) is 0 Å². The minimum absolute atomic E-state index is 0.234. The van der Waals surface area contributed by atoms with Crippen LogP contribution in [0.25, 0.3) is 0 Å². The number of hydrogen-bond donors (Lipinski definition) is 6. The molecule has 0 heterocycles. The van der Waals surface area contributed by atoms with Gasteiger partial charge in [0.05, 0.1) is 13.2 Å². The van der Waals surface area contributed by atoms with Gasteiger partial charge in [0.2, 0.25) is 0 Å². The number of Topliss-reactive ketones (excluding diaryl/α,β-unsaturated/α-hetero) is 4. The average molecular weight is 799 g/mol. The van der Waals surface area contributed by atoms with Crippen molar-refractivity contribution in [3.8, 4) is 0 Å². The minimum atomic E-state index is -2.70. The molecule has 10 nitrogen and oxygen atoms in total. The largest absolute Gasteiger partial charge is 0.394 e. The molecule has 0 aromatic carbocycles. The van der Waals surface area contributed by atoms with E-state index in [-0.39, 0.29) is 12.8 Å². The smallest absolute Gasteiger partial charge is 0.185 e. The molecule has 10 heteroatoms. The van der Waals surface area contributed by atoms with Gasteiger partial charge in [-0.15, -0.1) is 0 Å². The van der Waals surface area contributed by atoms with Gasteiger partial charge in [-0.3, -0.25) is 19.2 Å². The highest BCUT2D eigenvalue weighted by molar-refractivity contribution is 6.27. The number of rotatable bonds is 43. The second-order valence-electron chi connectivity index (χ2n) is 16.5. The average Bonchev–Trinajstić information content (AvgIpc) is 3.20. The fraction of sp³-hybridized carbons (Fsp3) is 0.913. The summed E-state index contributed by atoms with van der Waals surface area (Å²) in [5.74, 6) is -4.37. The summed E-state index contributed by atoms with van der Waals surface area (Å²) in [5, 5.41) is 60.0. The molecule has 56 heavy (non-hydrogen) atoms. The highest BCUT2D eigenvalue weighted by Gasteiger charge is 2.55. The van der Waals surface area contributed by atoms with Crippen molar-refractivity contribution in [3.05, 3.63) is 0 Å². The molecule has 0 fully saturated rings. The van der Waals surface area contributed by atoms with Crippen LogP contribution in [0.3, 0.4) is 0 Å². The Balaban J connectivity index is 5.24. The van der Waals surface area contributed by atoms with Crippen molar-refractivity contribution in [3.63, 3.8) is 0 Å². The summed E-state index contributed by atoms with van der Waals surface area (Å²) in [5.41, 5.74) is -2.70. The molecule has 4 unspecified atom stereocenters. The van der Waals surface area contributed by atoms with Crippen LogP contribution in [0.4, 0.5) is 0 Å². The van der Waals surface area contributed by atoms with Gasteiger partial charge in [-0.05, 0) is 12.8 Å². The van der Waals surface area contributed by atoms with Crippen LogP contribution in [-0.2, 0) is 19.2 Å². The lowest BCUT2D eigenvalue weighted by Crippen LogP contribution is -2.56. The third-order valence-electron chi connectivity index (χ3n) is 11.5. The first-order chi connectivity index (χ1) is 27.0. The Morgan fingerprint density at radius 3 is 0.911 bits per heavy atom. The molecule has 0 amide bonds. The molecular weight excluding hydrogens is 712 g/mol. The fourth-order valence-corrected chi connectivity index (χ4v) is 7.66. The SMILES string of the molecule is CCCCCCCCCCCCCCCCCC(=O)C(CC(=O)C(O)C(O)CO)(C(=O)CCCCCCCCCCCCCCCCC)C(=O)C(O)C(O)CO. The summed E-state index contributed by atoms with van der Waals surface area (Å²) in [4.78, 5) is 55.1. The number of hydrogen-bond acceptors (Lipinski definition) is 10. The molecule has 0 aromatic heterocycles. The van der Waals surface area contributed by atoms with Crippen LogP contribution in [0.15, 0.2) is 0 Å². The van der Waals surface area contributed by atoms with E-state index in [1.807, 2.05) is 0 Å². The third-order valence-corrected chi connectivity index (χ3v) is 11.5. The quantitative estimate of drug-likeness (QED) is 0.0257. The van der Waals surface area contributed by atoms with Crippen LogP contribution in [0.2, 0.25) is 0 Å². The van der Waals surface area contributed by atoms with E-state index in [1.165, 1.54) is 116 Å². The summed E-state index contributed by atoms with van der Waals surface area (Å²) < 4.78 is 0. The maximum absolute atomic E-state index is 14.0. The van der Waals surface area contributed by atoms with E-state index in [4.69, 9.17) is 0 Å². The molecule has 0 spiro atoms. The topological polar surface area (TPSA) is 190 Å². The number of carbonyl (C=O) groups is 4. The van der Waals surface area contributed by atoms with E-state index in [1.54, 1.807) is 0 Å². The molecule has 0 saturated heterocycles. The number of aliphatic hydroxyl groups excluding tert-OH is 6. The van der Waals surface area contributed by atoms with E-state index in [0.29, 0.717) is 25.7 Å². The summed E-state index contributed by atoms with van der Waals surface area (Å²) in [6.07, 6.45) is 23.3. The summed E-state index contributed by atoms with van der Waals surface area (Å²) in [7, 11) is 0. The molecular formula is C46H86O10. The van der Waals surface area contributed by atoms with Gasteiger partial charge in [-0.1, -0.05) is 194 Å². The Morgan fingerprint density at radius 1 is 0.393 bits per heavy atom. The molecule has 0 radical (unpaired) electrons. The van der Waals surface area contributed by atoms with E-state index in [2.05, 4.69) is 13.8 Å². The van der Waals surface area contributed by atoms with Crippen LogP contribution in [0.1, 0.15) is 226 Å². The van der Waals surface area contributed by atoms with Gasteiger partial charge in [0.15, 0.2) is 28.5 Å². The summed E-state index contributed by atoms with van der Waals surface area (Å²) in [6, 6.07) is 0. The predicted octanol–water partition coefficient (Wildman–Crippen LogP) is 8.59. The van der Waals surface area contributed by atoms with Crippen LogP contribution in [0, 0.1) is 5.41 Å². The first-order valence-electron chi connectivity index (χ1n) is 23.1. The molecule has 0 rings (SSSR count). The van der Waals surface area contributed by atoms with E-state index in [9.17, 15) is 49.8 Å². The Kier molecular flexibility index (Phi) is 35.5. The Hall–Kier alpha value is -1.56. The van der Waals surface area contributed by atoms with Gasteiger partial charge in [-0.25, -0.2) is 0 Å². The molecule has 0 saturated carbocycles. The maximum atomic E-state index is 14.0. The van der Waals surface area contributed by atoms with E-state index >= 15 is 0 Å². The van der Waals surface area contributed by atoms with Crippen molar-refractivity contribution in [2.24, 2.45) is 5.41 Å². The maximum Gasteiger partial charge on any atom is 0.185 e. The number of carbonyl (C=O) groups excluding carboxylic acids is 4. The zero-order valence-electron chi connectivity index (χ0n) is 35.9. The Bertz CT molecular complexity index is 939. The summed E-state index contributed by atoms with van der Waals surface area (Å²) >= 11 is 0. The van der Waals surface area contributed by atoms with Gasteiger partial charge in [0.1, 0.15) is 24.4 Å². The van der Waals surface area contributed by atoms with Crippen LogP contribution >= 0.6 is 0 Å². The Morgan fingerprint density at radius 2 is 0.643 bits per heavy atom. The van der Waals surface area contributed by atoms with Crippen LogP contribution in [-0.4, -0.2) is 91.4 Å². The standard InChI is InChI=1S/C46H86O10/c1-3-5-7-9-11-13-15-17-19-21-23-25-27-29-31-33-41(52)46(45(56)44(55)40(51)37-48,35-38(49)43(54)39(50)36-47)42(53)34-32-30-28-26-24-22-20-18-16-14-12-10-8-6-4-2/h39-40,43-44,47-48,50-51,54-55H,3-37H2,1-2H3. The lowest BCUT2D eigenvalue weighted by atomic mass is 9.66. The van der Waals surface area contributed by atoms with Crippen molar-refractivity contribution >= 4 is 23.1 Å². The third kappa shape index (κ3) is 24.4. The normalized spacial score (nSPS) is 14.1. The Labute approximate surface area is 341 Å². The number of ketones is 4. The van der Waals surface area contributed by atoms with E-state index in [0.717, 1.165) is 51.4 Å². The highest BCUT2D eigenvalue weighted by Crippen LogP contribution is 2.35. The van der Waals surface area contributed by atoms with Gasteiger partial charge in [0, 0.05) is 19.3 Å². The number of aliphatic hydroxyl groups is 6. The van der Waals surface area contributed by atoms with Crippen molar-refractivity contribution in [1.82, 2.24) is 0 Å². The predicted molar refractivity (Wildman–Crippen MR) is 224 cm³/mol. The van der Waals surface area contributed by atoms with E-state index < -0.39 is 72.6 Å². The van der Waals surface area contributed by atoms with Gasteiger partial charge >= 0.3 is 0 Å². The molecule has 0 aromatic rings. The monoisotopic (exact) mass is 799 g/mol. The molecule has 330 valence electrons. The van der Waals surface area contributed by atoms with Crippen LogP contribution < -0.4 is 0 Å². The molecule has 4 atom stereocenters. The summed E-state index contributed by atoms with van der Waals surface area (Å²) in [6.45, 7) is 2.46. The fourth-order valence-electron chi connectivity index (χ4n) is 7.66. The van der Waals surface area contributed by atoms with Crippen molar-refractivity contribution < 1.29 is 49.8 Å². The van der Waals surface area contributed by atoms with Gasteiger partial charge in [0.25, 0.3) is 0 Å². The highest BCUT2D eigenvalue weighted by atomic mass is 16.4. The van der Waals surface area contributed by atoms with Gasteiger partial charge in [-0.2, -0.15) is 0 Å². The van der Waals surface area contributed by atoms with Crippen LogP contribution in [0.5, 0.6) is 0 Å². The lowest BCUT2D eigenvalue weighted by molar-refractivity contribution is -0.161. The minimum Gasteiger partial charge on any atom is -0.394 e. The zero-order chi connectivity index (χ0) is 41.9. The first-order valence-corrected chi connectivity index (χ1v) is 23.1. The molecule has 0 bridgehead atoms. The van der Waals surface area contributed by atoms with Gasteiger partial charge < -0.3 is 30.6 Å². The second kappa shape index (κ2) is 36.5. The molecule has 0 aliphatic heterocycles. The first kappa shape index (κ1) is 54.4. The number of unbranched alkanes of at least 4 members (excludes halogenated alkanes) is 28. The lowest BCUT2D eigenvalue weighted by Gasteiger charge is -2.33. The molecule has 6 N–H and O–H groups in total. The van der Waals surface area contributed by atoms with Crippen molar-refractivity contribution in [2.75, 3.05) is 13.2 Å². The second-order valence-corrected chi connectivity index (χ2v) is 16.5. The molecule has 0 aliphatic rings. The van der Waals surface area contributed by atoms with Crippen molar-refractivity contribution in [2.45, 2.75) is 250 Å². The zero-order valence-corrected chi connectivity index (χ0v) is 35.9. The molecule has 0 aliphatic carbocycles.